The first-order valence-electron chi connectivity index (χ1n) is 10.8. The van der Waals surface area contributed by atoms with E-state index < -0.39 is 11.8 Å². The summed E-state index contributed by atoms with van der Waals surface area (Å²) in [5, 5.41) is 3.67. The van der Waals surface area contributed by atoms with Crippen molar-refractivity contribution in [3.8, 4) is 11.5 Å². The van der Waals surface area contributed by atoms with Gasteiger partial charge in [-0.05, 0) is 89.2 Å². The van der Waals surface area contributed by atoms with E-state index in [0.29, 0.717) is 43.9 Å². The zero-order valence-corrected chi connectivity index (χ0v) is 22.8. The number of ether oxygens (including phenoxy) is 2. The maximum atomic E-state index is 13.3. The van der Waals surface area contributed by atoms with E-state index in [9.17, 15) is 9.59 Å². The van der Waals surface area contributed by atoms with Crippen molar-refractivity contribution < 1.29 is 19.1 Å². The van der Waals surface area contributed by atoms with Crippen molar-refractivity contribution in [2.75, 3.05) is 11.5 Å². The quantitative estimate of drug-likeness (QED) is 0.188. The van der Waals surface area contributed by atoms with Crippen LogP contribution < -0.4 is 19.7 Å². The predicted molar refractivity (Wildman–Crippen MR) is 149 cm³/mol. The Morgan fingerprint density at radius 2 is 1.78 bits per heavy atom. The summed E-state index contributed by atoms with van der Waals surface area (Å²) >= 11 is 21.0. The maximum absolute atomic E-state index is 13.3. The summed E-state index contributed by atoms with van der Waals surface area (Å²) in [4.78, 5) is 27.2. The molecule has 1 heterocycles. The van der Waals surface area contributed by atoms with Crippen LogP contribution in [0.3, 0.4) is 0 Å². The molecule has 3 aromatic rings. The molecule has 0 radical (unpaired) electrons. The number of halogens is 3. The lowest BCUT2D eigenvalue weighted by Gasteiger charge is -2.29. The number of carbonyl (C=O) groups excluding carboxylic acids is 2. The molecule has 0 atom stereocenters. The van der Waals surface area contributed by atoms with Gasteiger partial charge >= 0.3 is 0 Å². The molecular weight excluding hydrogens is 587 g/mol. The molecule has 36 heavy (non-hydrogen) atoms. The lowest BCUT2D eigenvalue weighted by atomic mass is 10.1. The van der Waals surface area contributed by atoms with E-state index >= 15 is 0 Å². The van der Waals surface area contributed by atoms with Crippen LogP contribution in [-0.2, 0) is 16.2 Å². The monoisotopic (exact) mass is 604 g/mol. The highest BCUT2D eigenvalue weighted by Gasteiger charge is 2.34. The molecule has 2 amide bonds. The number of hydrogen-bond acceptors (Lipinski definition) is 5. The SMILES string of the molecule is CCOc1cc(/C=C2\C(=O)NC(=S)N(c3ccc(Cl)cc3)C2=O)cc(Br)c1OCc1ccccc1Cl. The topological polar surface area (TPSA) is 67.9 Å². The average molecular weight is 606 g/mol. The predicted octanol–water partition coefficient (Wildman–Crippen LogP) is 6.56. The number of rotatable bonds is 7. The molecule has 0 aliphatic carbocycles. The van der Waals surface area contributed by atoms with Crippen LogP contribution in [-0.4, -0.2) is 23.5 Å². The second kappa shape index (κ2) is 11.4. The Hall–Kier alpha value is -2.91. The molecule has 1 aliphatic rings. The number of carbonyl (C=O) groups is 2. The fourth-order valence-electron chi connectivity index (χ4n) is 3.49. The summed E-state index contributed by atoms with van der Waals surface area (Å²) in [5.74, 6) is -0.232. The third-order valence-corrected chi connectivity index (χ3v) is 6.65. The van der Waals surface area contributed by atoms with Crippen molar-refractivity contribution in [1.29, 1.82) is 0 Å². The Morgan fingerprint density at radius 1 is 1.06 bits per heavy atom. The van der Waals surface area contributed by atoms with Crippen LogP contribution >= 0.6 is 51.3 Å². The molecule has 0 spiro atoms. The molecule has 1 aliphatic heterocycles. The Morgan fingerprint density at radius 3 is 2.47 bits per heavy atom. The van der Waals surface area contributed by atoms with Gasteiger partial charge in [-0.25, -0.2) is 0 Å². The number of anilines is 1. The highest BCUT2D eigenvalue weighted by atomic mass is 79.9. The summed E-state index contributed by atoms with van der Waals surface area (Å²) in [6.07, 6.45) is 1.48. The normalized spacial score (nSPS) is 14.7. The minimum atomic E-state index is -0.594. The van der Waals surface area contributed by atoms with E-state index in [-0.39, 0.29) is 17.3 Å². The van der Waals surface area contributed by atoms with Crippen LogP contribution in [0.5, 0.6) is 11.5 Å². The highest BCUT2D eigenvalue weighted by Crippen LogP contribution is 2.38. The number of hydrogen-bond donors (Lipinski definition) is 1. The van der Waals surface area contributed by atoms with Gasteiger partial charge in [-0.1, -0.05) is 41.4 Å². The van der Waals surface area contributed by atoms with Crippen LogP contribution in [0.15, 0.2) is 70.7 Å². The summed E-state index contributed by atoms with van der Waals surface area (Å²) in [7, 11) is 0. The number of thiocarbonyl (C=S) groups is 1. The second-order valence-corrected chi connectivity index (χ2v) is 9.66. The summed E-state index contributed by atoms with van der Waals surface area (Å²) in [6, 6.07) is 17.4. The van der Waals surface area contributed by atoms with E-state index in [2.05, 4.69) is 21.2 Å². The van der Waals surface area contributed by atoms with Crippen molar-refractivity contribution in [3.63, 3.8) is 0 Å². The van der Waals surface area contributed by atoms with Crippen LogP contribution in [0.2, 0.25) is 10.0 Å². The van der Waals surface area contributed by atoms with Gasteiger partial charge in [-0.2, -0.15) is 0 Å². The van der Waals surface area contributed by atoms with Crippen molar-refractivity contribution in [1.82, 2.24) is 5.32 Å². The van der Waals surface area contributed by atoms with E-state index in [1.807, 2.05) is 25.1 Å². The molecule has 3 aromatic carbocycles. The fourth-order valence-corrected chi connectivity index (χ4v) is 4.66. The van der Waals surface area contributed by atoms with Gasteiger partial charge in [0.2, 0.25) is 0 Å². The molecule has 1 fully saturated rings. The highest BCUT2D eigenvalue weighted by molar-refractivity contribution is 9.10. The van der Waals surface area contributed by atoms with Gasteiger partial charge in [-0.15, -0.1) is 0 Å². The van der Waals surface area contributed by atoms with Gasteiger partial charge in [0.25, 0.3) is 11.8 Å². The van der Waals surface area contributed by atoms with Crippen molar-refractivity contribution in [3.05, 3.63) is 91.9 Å². The Bertz CT molecular complexity index is 1380. The third kappa shape index (κ3) is 5.73. The molecule has 0 aromatic heterocycles. The van der Waals surface area contributed by atoms with Gasteiger partial charge in [0, 0.05) is 15.6 Å². The standard InChI is InChI=1S/C26H19BrCl2N2O4S/c1-2-34-22-13-15(12-20(27)23(22)35-14-16-5-3-4-6-21(16)29)11-19-24(32)30-26(36)31(25(19)33)18-9-7-17(28)8-10-18/h3-13H,2,14H2,1H3,(H,30,32,36)/b19-11+. The van der Waals surface area contributed by atoms with E-state index in [0.717, 1.165) is 5.56 Å². The summed E-state index contributed by atoms with van der Waals surface area (Å²) in [6.45, 7) is 2.46. The molecule has 0 bridgehead atoms. The molecule has 1 N–H and O–H groups in total. The largest absolute Gasteiger partial charge is 0.490 e. The molecule has 0 unspecified atom stereocenters. The maximum Gasteiger partial charge on any atom is 0.270 e. The first kappa shape index (κ1) is 26.2. The Kier molecular flexibility index (Phi) is 8.31. The molecule has 1 saturated heterocycles. The van der Waals surface area contributed by atoms with Crippen LogP contribution in [0.1, 0.15) is 18.1 Å². The minimum absolute atomic E-state index is 0.0102. The molecule has 10 heteroatoms. The van der Waals surface area contributed by atoms with Gasteiger partial charge in [-0.3, -0.25) is 19.8 Å². The molecule has 184 valence electrons. The van der Waals surface area contributed by atoms with Gasteiger partial charge in [0.05, 0.1) is 16.8 Å². The van der Waals surface area contributed by atoms with Gasteiger partial charge < -0.3 is 9.47 Å². The van der Waals surface area contributed by atoms with Crippen molar-refractivity contribution in [2.45, 2.75) is 13.5 Å². The smallest absolute Gasteiger partial charge is 0.270 e. The lowest BCUT2D eigenvalue weighted by Crippen LogP contribution is -2.54. The molecular formula is C26H19BrCl2N2O4S. The van der Waals surface area contributed by atoms with Crippen LogP contribution in [0, 0.1) is 0 Å². The number of benzene rings is 3. The van der Waals surface area contributed by atoms with E-state index in [1.54, 1.807) is 42.5 Å². The fraction of sp³-hybridized carbons (Fsp3) is 0.115. The van der Waals surface area contributed by atoms with Gasteiger partial charge in [0.15, 0.2) is 16.6 Å². The minimum Gasteiger partial charge on any atom is -0.490 e. The molecule has 6 nitrogen and oxygen atoms in total. The van der Waals surface area contributed by atoms with E-state index in [4.69, 9.17) is 44.9 Å². The zero-order valence-electron chi connectivity index (χ0n) is 18.9. The molecule has 0 saturated carbocycles. The zero-order chi connectivity index (χ0) is 25.8. The number of nitrogens with zero attached hydrogens (tertiary/aromatic N) is 1. The third-order valence-electron chi connectivity index (χ3n) is 5.16. The molecule has 4 rings (SSSR count). The Labute approximate surface area is 231 Å². The summed E-state index contributed by atoms with van der Waals surface area (Å²) in [5.41, 5.74) is 1.78. The number of nitrogens with one attached hydrogen (secondary N) is 1. The first-order valence-corrected chi connectivity index (χ1v) is 12.7. The summed E-state index contributed by atoms with van der Waals surface area (Å²) < 4.78 is 12.4. The van der Waals surface area contributed by atoms with Gasteiger partial charge in [0.1, 0.15) is 12.2 Å². The Balaban J connectivity index is 1.66. The van der Waals surface area contributed by atoms with E-state index in [1.165, 1.54) is 11.0 Å². The second-order valence-electron chi connectivity index (χ2n) is 7.58. The average Bonchev–Trinajstić information content (AvgIpc) is 2.83. The van der Waals surface area contributed by atoms with Crippen molar-refractivity contribution >= 4 is 80.0 Å². The van der Waals surface area contributed by atoms with Crippen LogP contribution in [0.25, 0.3) is 6.08 Å². The first-order chi connectivity index (χ1) is 17.3. The van der Waals surface area contributed by atoms with Crippen molar-refractivity contribution in [2.24, 2.45) is 0 Å². The lowest BCUT2D eigenvalue weighted by molar-refractivity contribution is -0.122. The van der Waals surface area contributed by atoms with Crippen LogP contribution in [0.4, 0.5) is 5.69 Å². The number of amides is 2.